The first-order valence-corrected chi connectivity index (χ1v) is 2.85. The zero-order chi connectivity index (χ0) is 5.98. The van der Waals surface area contributed by atoms with Gasteiger partial charge in [-0.05, 0) is 0 Å². The molecule has 0 bridgehead atoms. The largest absolute Gasteiger partial charge is 0.498 e. The molecule has 42 valence electrons. The number of aromatic hydroxyl groups is 1. The van der Waals surface area contributed by atoms with Gasteiger partial charge in [0.1, 0.15) is 5.69 Å². The van der Waals surface area contributed by atoms with E-state index < -0.39 is 0 Å². The predicted molar refractivity (Wildman–Crippen MR) is 31.7 cm³/mol. The van der Waals surface area contributed by atoms with Crippen molar-refractivity contribution in [1.29, 1.82) is 5.41 Å². The fourth-order valence-corrected chi connectivity index (χ4v) is 0.846. The molecule has 0 aliphatic rings. The summed E-state index contributed by atoms with van der Waals surface area (Å²) < 4.78 is 0. The topological polar surface area (TPSA) is 57.0 Å². The summed E-state index contributed by atoms with van der Waals surface area (Å²) in [6.07, 6.45) is 1.02. The normalized spacial score (nSPS) is 9.00. The number of hydrogen-bond acceptors (Lipinski definition) is 4. The second-order valence-corrected chi connectivity index (χ2v) is 2.02. The van der Waals surface area contributed by atoms with Crippen molar-refractivity contribution in [2.75, 3.05) is 0 Å². The van der Waals surface area contributed by atoms with Crippen LogP contribution in [-0.4, -0.2) is 16.3 Å². The lowest BCUT2D eigenvalue weighted by molar-refractivity contribution is 0.488. The molecule has 3 nitrogen and oxygen atoms in total. The maximum atomic E-state index is 8.76. The van der Waals surface area contributed by atoms with Crippen LogP contribution < -0.4 is 0 Å². The lowest BCUT2D eigenvalue weighted by Crippen LogP contribution is -1.75. The summed E-state index contributed by atoms with van der Waals surface area (Å²) in [6.45, 7) is 0. The molecule has 1 aromatic heterocycles. The Bertz CT molecular complexity index is 196. The summed E-state index contributed by atoms with van der Waals surface area (Å²) >= 11 is 1.12. The van der Waals surface area contributed by atoms with E-state index in [-0.39, 0.29) is 5.06 Å². The minimum absolute atomic E-state index is 0.111. The van der Waals surface area contributed by atoms with Gasteiger partial charge in [0.25, 0.3) is 0 Å². The molecule has 0 saturated heterocycles. The molecule has 2 N–H and O–H groups in total. The summed E-state index contributed by atoms with van der Waals surface area (Å²) in [4.78, 5) is 3.66. The van der Waals surface area contributed by atoms with Crippen molar-refractivity contribution >= 4 is 17.6 Å². The Morgan fingerprint density at radius 1 is 1.88 bits per heavy atom. The second-order valence-electron chi connectivity index (χ2n) is 1.19. The summed E-state index contributed by atoms with van der Waals surface area (Å²) in [7, 11) is 0. The highest BCUT2D eigenvalue weighted by Crippen LogP contribution is 2.17. The van der Waals surface area contributed by atoms with Gasteiger partial charge >= 0.3 is 0 Å². The first-order valence-electron chi connectivity index (χ1n) is 1.97. The standard InChI is InChI=1S/C4H4N2OS/c5-1-3-4(7)8-2-6-3/h1-2,5,7H. The van der Waals surface area contributed by atoms with Crippen molar-refractivity contribution < 1.29 is 5.11 Å². The van der Waals surface area contributed by atoms with Gasteiger partial charge in [0.05, 0.1) is 5.51 Å². The molecule has 0 radical (unpaired) electrons. The van der Waals surface area contributed by atoms with Crippen molar-refractivity contribution in [2.45, 2.75) is 0 Å². The highest BCUT2D eigenvalue weighted by Gasteiger charge is 1.96. The van der Waals surface area contributed by atoms with Gasteiger partial charge < -0.3 is 10.5 Å². The number of nitrogens with one attached hydrogen (secondary N) is 1. The highest BCUT2D eigenvalue weighted by molar-refractivity contribution is 7.11. The summed E-state index contributed by atoms with van der Waals surface area (Å²) in [5.41, 5.74) is 1.84. The van der Waals surface area contributed by atoms with E-state index in [0.717, 1.165) is 17.6 Å². The van der Waals surface area contributed by atoms with Crippen LogP contribution in [0.5, 0.6) is 5.06 Å². The van der Waals surface area contributed by atoms with E-state index in [1.807, 2.05) is 0 Å². The average molecular weight is 128 g/mol. The third-order valence-electron chi connectivity index (χ3n) is 0.712. The summed E-state index contributed by atoms with van der Waals surface area (Å²) in [5.74, 6) is 0. The molecule has 0 atom stereocenters. The number of hydrogen-bond donors (Lipinski definition) is 2. The maximum absolute atomic E-state index is 8.76. The molecule has 1 heterocycles. The first kappa shape index (κ1) is 5.24. The van der Waals surface area contributed by atoms with Crippen LogP contribution >= 0.6 is 11.3 Å². The van der Waals surface area contributed by atoms with Crippen LogP contribution in [0, 0.1) is 5.41 Å². The van der Waals surface area contributed by atoms with E-state index in [9.17, 15) is 0 Å². The van der Waals surface area contributed by atoms with Crippen LogP contribution in [0.25, 0.3) is 0 Å². The predicted octanol–water partition coefficient (Wildman–Crippen LogP) is 0.846. The van der Waals surface area contributed by atoms with Gasteiger partial charge in [0.15, 0.2) is 0 Å². The van der Waals surface area contributed by atoms with Gasteiger partial charge in [0, 0.05) is 6.21 Å². The van der Waals surface area contributed by atoms with Gasteiger partial charge in [-0.15, -0.1) is 0 Å². The molecule has 0 aromatic carbocycles. The molecule has 1 rings (SSSR count). The monoisotopic (exact) mass is 128 g/mol. The van der Waals surface area contributed by atoms with Gasteiger partial charge in [-0.3, -0.25) is 0 Å². The Balaban J connectivity index is 3.09. The smallest absolute Gasteiger partial charge is 0.200 e. The third kappa shape index (κ3) is 0.696. The van der Waals surface area contributed by atoms with Crippen molar-refractivity contribution in [3.63, 3.8) is 0 Å². The molecule has 4 heteroatoms. The third-order valence-corrected chi connectivity index (χ3v) is 1.36. The minimum atomic E-state index is 0.111. The summed E-state index contributed by atoms with van der Waals surface area (Å²) in [6, 6.07) is 0. The number of thiazole rings is 1. The van der Waals surface area contributed by atoms with Gasteiger partial charge in [-0.25, -0.2) is 4.98 Å². The van der Waals surface area contributed by atoms with Gasteiger partial charge in [-0.1, -0.05) is 11.3 Å². The first-order chi connectivity index (χ1) is 3.84. The molecular weight excluding hydrogens is 124 g/mol. The van der Waals surface area contributed by atoms with Crippen molar-refractivity contribution in [3.05, 3.63) is 11.2 Å². The lowest BCUT2D eigenvalue weighted by atomic mass is 10.5. The number of aromatic nitrogens is 1. The maximum Gasteiger partial charge on any atom is 0.200 e. The van der Waals surface area contributed by atoms with Crippen LogP contribution in [0.3, 0.4) is 0 Å². The average Bonchev–Trinajstić information content (AvgIpc) is 2.14. The zero-order valence-electron chi connectivity index (χ0n) is 3.96. The lowest BCUT2D eigenvalue weighted by Gasteiger charge is -1.78. The Labute approximate surface area is 50.1 Å². The van der Waals surface area contributed by atoms with Crippen LogP contribution in [0.1, 0.15) is 5.69 Å². The zero-order valence-corrected chi connectivity index (χ0v) is 4.77. The molecule has 0 unspecified atom stereocenters. The second kappa shape index (κ2) is 1.92. The molecule has 0 spiro atoms. The Hall–Kier alpha value is -0.900. The molecule has 0 aliphatic carbocycles. The van der Waals surface area contributed by atoms with Crippen LogP contribution in [-0.2, 0) is 0 Å². The molecule has 0 amide bonds. The number of rotatable bonds is 1. The van der Waals surface area contributed by atoms with Crippen LogP contribution in [0.2, 0.25) is 0 Å². The molecule has 0 aliphatic heterocycles. The van der Waals surface area contributed by atoms with E-state index in [1.165, 1.54) is 5.51 Å². The molecule has 0 fully saturated rings. The number of nitrogens with zero attached hydrogens (tertiary/aromatic N) is 1. The Kier molecular flexibility index (Phi) is 1.26. The quantitative estimate of drug-likeness (QED) is 0.551. The minimum Gasteiger partial charge on any atom is -0.498 e. The van der Waals surface area contributed by atoms with E-state index in [2.05, 4.69) is 4.98 Å². The van der Waals surface area contributed by atoms with Gasteiger partial charge in [-0.2, -0.15) is 0 Å². The Morgan fingerprint density at radius 3 is 2.88 bits per heavy atom. The molecule has 0 saturated carbocycles. The molecular formula is C4H4N2OS. The Morgan fingerprint density at radius 2 is 2.62 bits per heavy atom. The van der Waals surface area contributed by atoms with Crippen molar-refractivity contribution in [2.24, 2.45) is 0 Å². The molecule has 8 heavy (non-hydrogen) atoms. The van der Waals surface area contributed by atoms with Crippen molar-refractivity contribution in [3.8, 4) is 5.06 Å². The van der Waals surface area contributed by atoms with E-state index in [1.54, 1.807) is 0 Å². The highest BCUT2D eigenvalue weighted by atomic mass is 32.1. The molecule has 1 aromatic rings. The van der Waals surface area contributed by atoms with Crippen LogP contribution in [0.4, 0.5) is 0 Å². The SMILES string of the molecule is N=Cc1ncsc1O. The van der Waals surface area contributed by atoms with E-state index >= 15 is 0 Å². The fourth-order valence-electron chi connectivity index (χ4n) is 0.348. The van der Waals surface area contributed by atoms with Gasteiger partial charge in [0.2, 0.25) is 5.06 Å². The van der Waals surface area contributed by atoms with Crippen molar-refractivity contribution in [1.82, 2.24) is 4.98 Å². The fraction of sp³-hybridized carbons (Fsp3) is 0. The van der Waals surface area contributed by atoms with Crippen LogP contribution in [0.15, 0.2) is 5.51 Å². The van der Waals surface area contributed by atoms with E-state index in [4.69, 9.17) is 10.5 Å². The van der Waals surface area contributed by atoms with E-state index in [0.29, 0.717) is 5.69 Å². The summed E-state index contributed by atoms with van der Waals surface area (Å²) in [5, 5.41) is 15.5.